The van der Waals surface area contributed by atoms with Gasteiger partial charge in [0.05, 0.1) is 25.8 Å². The SMILES string of the molecule is COC(=O)N[C@H]1[C@H]([C@H](O)[C@H](O)CO)OC(C(=O)O)=C[C@@H]1N=C(N)N. The van der Waals surface area contributed by atoms with Gasteiger partial charge in [0, 0.05) is 0 Å². The van der Waals surface area contributed by atoms with Crippen molar-refractivity contribution in [2.24, 2.45) is 16.5 Å². The van der Waals surface area contributed by atoms with Gasteiger partial charge in [0.15, 0.2) is 12.1 Å². The van der Waals surface area contributed by atoms with Crippen molar-refractivity contribution in [1.29, 1.82) is 0 Å². The molecule has 1 rings (SSSR count). The van der Waals surface area contributed by atoms with Gasteiger partial charge in [-0.1, -0.05) is 0 Å². The van der Waals surface area contributed by atoms with E-state index in [1.807, 2.05) is 0 Å². The molecule has 0 fully saturated rings. The van der Waals surface area contributed by atoms with Gasteiger partial charge in [-0.25, -0.2) is 14.6 Å². The number of carbonyl (C=O) groups is 2. The molecule has 0 saturated carbocycles. The van der Waals surface area contributed by atoms with E-state index in [9.17, 15) is 19.8 Å². The van der Waals surface area contributed by atoms with Crippen molar-refractivity contribution in [3.05, 3.63) is 11.8 Å². The Labute approximate surface area is 136 Å². The average Bonchev–Trinajstić information content (AvgIpc) is 2.53. The topological polar surface area (TPSA) is 210 Å². The van der Waals surface area contributed by atoms with E-state index in [0.717, 1.165) is 13.2 Å². The summed E-state index contributed by atoms with van der Waals surface area (Å²) in [7, 11) is 1.08. The third-order valence-corrected chi connectivity index (χ3v) is 3.20. The van der Waals surface area contributed by atoms with E-state index in [1.165, 1.54) is 0 Å². The number of methoxy groups -OCH3 is 1. The Morgan fingerprint density at radius 2 is 2.08 bits per heavy atom. The highest BCUT2D eigenvalue weighted by molar-refractivity contribution is 5.85. The minimum atomic E-state index is -1.75. The normalized spacial score (nSPS) is 25.5. The lowest BCUT2D eigenvalue weighted by Crippen LogP contribution is -2.60. The number of rotatable bonds is 6. The summed E-state index contributed by atoms with van der Waals surface area (Å²) in [5, 5.41) is 40.0. The maximum Gasteiger partial charge on any atom is 0.407 e. The van der Waals surface area contributed by atoms with Gasteiger partial charge in [0.25, 0.3) is 0 Å². The van der Waals surface area contributed by atoms with E-state index in [2.05, 4.69) is 15.0 Å². The summed E-state index contributed by atoms with van der Waals surface area (Å²) >= 11 is 0. The highest BCUT2D eigenvalue weighted by Crippen LogP contribution is 2.24. The fourth-order valence-corrected chi connectivity index (χ4v) is 2.10. The molecule has 24 heavy (non-hydrogen) atoms. The zero-order valence-electron chi connectivity index (χ0n) is 12.7. The van der Waals surface area contributed by atoms with Crippen LogP contribution in [0.3, 0.4) is 0 Å². The molecule has 1 heterocycles. The molecule has 12 nitrogen and oxygen atoms in total. The number of aliphatic hydroxyl groups is 3. The Bertz CT molecular complexity index is 533. The second-order valence-electron chi connectivity index (χ2n) is 4.87. The number of hydrogen-bond donors (Lipinski definition) is 7. The number of alkyl carbamates (subject to hydrolysis) is 1. The van der Waals surface area contributed by atoms with Crippen molar-refractivity contribution in [3.8, 4) is 0 Å². The van der Waals surface area contributed by atoms with E-state index in [0.29, 0.717) is 0 Å². The molecule has 0 aromatic carbocycles. The number of nitrogens with two attached hydrogens (primary N) is 2. The summed E-state index contributed by atoms with van der Waals surface area (Å²) in [6.45, 7) is -0.828. The quantitative estimate of drug-likeness (QED) is 0.185. The molecule has 1 aliphatic heterocycles. The molecule has 5 atom stereocenters. The lowest BCUT2D eigenvalue weighted by Gasteiger charge is -2.38. The van der Waals surface area contributed by atoms with Crippen molar-refractivity contribution in [3.63, 3.8) is 0 Å². The van der Waals surface area contributed by atoms with Crippen LogP contribution in [-0.2, 0) is 14.3 Å². The zero-order valence-corrected chi connectivity index (χ0v) is 12.7. The van der Waals surface area contributed by atoms with Crippen molar-refractivity contribution in [2.45, 2.75) is 30.4 Å². The minimum Gasteiger partial charge on any atom is -0.478 e. The maximum atomic E-state index is 11.5. The Morgan fingerprint density at radius 1 is 1.46 bits per heavy atom. The molecule has 0 spiro atoms. The first-order chi connectivity index (χ1) is 11.2. The van der Waals surface area contributed by atoms with Gasteiger partial charge in [-0.2, -0.15) is 0 Å². The molecule has 0 aromatic heterocycles. The van der Waals surface area contributed by atoms with Gasteiger partial charge in [0.2, 0.25) is 5.76 Å². The van der Waals surface area contributed by atoms with Crippen molar-refractivity contribution < 1.29 is 39.5 Å². The maximum absolute atomic E-state index is 11.5. The number of aliphatic hydroxyl groups excluding tert-OH is 3. The number of carboxylic acids is 1. The van der Waals surface area contributed by atoms with Crippen molar-refractivity contribution in [1.82, 2.24) is 5.32 Å². The van der Waals surface area contributed by atoms with Crippen LogP contribution in [-0.4, -0.2) is 82.6 Å². The number of guanidine groups is 1. The van der Waals surface area contributed by atoms with Crippen LogP contribution in [0.4, 0.5) is 4.79 Å². The summed E-state index contributed by atoms with van der Waals surface area (Å²) in [4.78, 5) is 26.5. The Hall–Kier alpha value is -2.57. The smallest absolute Gasteiger partial charge is 0.407 e. The van der Waals surface area contributed by atoms with Gasteiger partial charge >= 0.3 is 12.1 Å². The Balaban J connectivity index is 3.29. The molecular weight excluding hydrogens is 328 g/mol. The molecule has 0 aromatic rings. The van der Waals surface area contributed by atoms with Gasteiger partial charge < -0.3 is 46.7 Å². The summed E-state index contributed by atoms with van der Waals surface area (Å²) in [5.74, 6) is -2.48. The van der Waals surface area contributed by atoms with Crippen LogP contribution in [0.5, 0.6) is 0 Å². The predicted octanol–water partition coefficient (Wildman–Crippen LogP) is -3.57. The van der Waals surface area contributed by atoms with E-state index < -0.39 is 60.8 Å². The zero-order chi connectivity index (χ0) is 18.4. The molecular formula is C12H20N4O8. The summed E-state index contributed by atoms with van der Waals surface area (Å²) in [6, 6.07) is -2.31. The first-order valence-corrected chi connectivity index (χ1v) is 6.73. The highest BCUT2D eigenvalue weighted by atomic mass is 16.5. The first-order valence-electron chi connectivity index (χ1n) is 6.73. The molecule has 1 aliphatic rings. The van der Waals surface area contributed by atoms with Crippen LogP contribution in [0.2, 0.25) is 0 Å². The lowest BCUT2D eigenvalue weighted by molar-refractivity contribution is -0.144. The van der Waals surface area contributed by atoms with Crippen LogP contribution in [0.1, 0.15) is 0 Å². The number of nitrogens with zero attached hydrogens (tertiary/aromatic N) is 1. The molecule has 12 heteroatoms. The first kappa shape index (κ1) is 19.5. The number of nitrogens with one attached hydrogen (secondary N) is 1. The molecule has 9 N–H and O–H groups in total. The highest BCUT2D eigenvalue weighted by Gasteiger charge is 2.44. The average molecular weight is 348 g/mol. The molecule has 0 unspecified atom stereocenters. The van der Waals surface area contributed by atoms with E-state index in [1.54, 1.807) is 0 Å². The predicted molar refractivity (Wildman–Crippen MR) is 78.6 cm³/mol. The second-order valence-corrected chi connectivity index (χ2v) is 4.87. The number of aliphatic imine (C=N–C) groups is 1. The summed E-state index contributed by atoms with van der Waals surface area (Å²) < 4.78 is 9.57. The molecule has 0 saturated heterocycles. The largest absolute Gasteiger partial charge is 0.478 e. The molecule has 136 valence electrons. The standard InChI is InChI=1S/C12H20N4O8/c1-23-12(22)16-7-4(15-11(13)14)2-6(10(20)21)24-9(7)8(19)5(18)3-17/h2,4-5,7-9,17-19H,3H2,1H3,(H,16,22)(H,20,21)(H4,13,14,15)/t4-,5+,7+,8+,9+/m0/s1. The van der Waals surface area contributed by atoms with Gasteiger partial charge in [-0.05, 0) is 6.08 Å². The fraction of sp³-hybridized carbons (Fsp3) is 0.583. The van der Waals surface area contributed by atoms with Gasteiger partial charge in [-0.15, -0.1) is 0 Å². The van der Waals surface area contributed by atoms with E-state index in [4.69, 9.17) is 26.4 Å². The number of carbonyl (C=O) groups excluding carboxylic acids is 1. The van der Waals surface area contributed by atoms with E-state index in [-0.39, 0.29) is 0 Å². The van der Waals surface area contributed by atoms with Crippen LogP contribution in [0.25, 0.3) is 0 Å². The number of amides is 1. The fourth-order valence-electron chi connectivity index (χ4n) is 2.10. The third-order valence-electron chi connectivity index (χ3n) is 3.20. The Morgan fingerprint density at radius 3 is 2.54 bits per heavy atom. The van der Waals surface area contributed by atoms with Crippen LogP contribution in [0, 0.1) is 0 Å². The molecule has 0 aliphatic carbocycles. The monoisotopic (exact) mass is 348 g/mol. The van der Waals surface area contributed by atoms with Gasteiger partial charge in [0.1, 0.15) is 12.2 Å². The van der Waals surface area contributed by atoms with Crippen molar-refractivity contribution in [2.75, 3.05) is 13.7 Å². The minimum absolute atomic E-state index is 0.407. The number of ether oxygens (including phenoxy) is 2. The lowest BCUT2D eigenvalue weighted by atomic mass is 9.92. The number of hydrogen-bond acceptors (Lipinski definition) is 8. The summed E-state index contributed by atoms with van der Waals surface area (Å²) in [5.41, 5.74) is 10.6. The van der Waals surface area contributed by atoms with Crippen LogP contribution < -0.4 is 16.8 Å². The molecule has 0 radical (unpaired) electrons. The van der Waals surface area contributed by atoms with Crippen LogP contribution in [0.15, 0.2) is 16.8 Å². The number of carboxylic acid groups (broad SMARTS) is 1. The second kappa shape index (κ2) is 8.33. The molecule has 1 amide bonds. The summed E-state index contributed by atoms with van der Waals surface area (Å²) in [6.07, 6.45) is -4.79. The molecule has 0 bridgehead atoms. The van der Waals surface area contributed by atoms with E-state index >= 15 is 0 Å². The number of aliphatic carboxylic acids is 1. The van der Waals surface area contributed by atoms with Crippen molar-refractivity contribution >= 4 is 18.0 Å². The van der Waals surface area contributed by atoms with Gasteiger partial charge in [-0.3, -0.25) is 0 Å². The third kappa shape index (κ3) is 4.71. The van der Waals surface area contributed by atoms with Crippen LogP contribution >= 0.6 is 0 Å². The Kier molecular flexibility index (Phi) is 6.76.